The molecule has 0 spiro atoms. The Kier molecular flexibility index (Phi) is 3.42. The zero-order chi connectivity index (χ0) is 13.2. The van der Waals surface area contributed by atoms with Crippen LogP contribution in [0.1, 0.15) is 19.3 Å². The molecule has 2 saturated heterocycles. The van der Waals surface area contributed by atoms with Crippen molar-refractivity contribution in [2.45, 2.75) is 25.3 Å². The maximum atomic E-state index is 12.4. The van der Waals surface area contributed by atoms with E-state index in [9.17, 15) is 4.79 Å². The lowest BCUT2D eigenvalue weighted by Gasteiger charge is -2.19. The van der Waals surface area contributed by atoms with E-state index in [1.165, 1.54) is 6.42 Å². The summed E-state index contributed by atoms with van der Waals surface area (Å²) in [5.41, 5.74) is 0.820. The summed E-state index contributed by atoms with van der Waals surface area (Å²) in [6.07, 6.45) is 3.38. The fourth-order valence-electron chi connectivity index (χ4n) is 3.32. The summed E-state index contributed by atoms with van der Waals surface area (Å²) in [4.78, 5) is 14.8. The van der Waals surface area contributed by atoms with Gasteiger partial charge in [0.1, 0.15) is 5.75 Å². The topological polar surface area (TPSA) is 41.6 Å². The molecule has 2 heterocycles. The van der Waals surface area contributed by atoms with Crippen molar-refractivity contribution in [3.8, 4) is 5.75 Å². The van der Waals surface area contributed by atoms with Crippen molar-refractivity contribution in [3.63, 3.8) is 0 Å². The van der Waals surface area contributed by atoms with E-state index in [0.717, 1.165) is 37.4 Å². The molecule has 1 aromatic rings. The molecule has 102 valence electrons. The Morgan fingerprint density at radius 3 is 3.11 bits per heavy atom. The number of hydrogen-bond acceptors (Lipinski definition) is 3. The monoisotopic (exact) mass is 260 g/mol. The van der Waals surface area contributed by atoms with Crippen molar-refractivity contribution in [1.29, 1.82) is 0 Å². The van der Waals surface area contributed by atoms with Gasteiger partial charge in [-0.3, -0.25) is 9.69 Å². The number of amides is 1. The van der Waals surface area contributed by atoms with Crippen LogP contribution in [0.15, 0.2) is 24.3 Å². The minimum atomic E-state index is 0.147. The molecule has 2 fully saturated rings. The highest BCUT2D eigenvalue weighted by Gasteiger charge is 2.40. The van der Waals surface area contributed by atoms with Crippen molar-refractivity contribution in [2.24, 2.45) is 5.92 Å². The Morgan fingerprint density at radius 1 is 1.37 bits per heavy atom. The number of nitrogens with one attached hydrogen (secondary N) is 1. The fraction of sp³-hybridized carbons (Fsp3) is 0.533. The molecule has 1 amide bonds. The lowest BCUT2D eigenvalue weighted by Crippen LogP contribution is -2.33. The second-order valence-corrected chi connectivity index (χ2v) is 5.36. The lowest BCUT2D eigenvalue weighted by atomic mass is 9.97. The van der Waals surface area contributed by atoms with Crippen LogP contribution < -0.4 is 10.1 Å². The molecule has 1 aromatic carbocycles. The standard InChI is InChI=1S/C15H20N2O2/c1-19-12-5-2-4-11(10-12)16-15(18)13-7-9-17-8-3-6-14(13)17/h2,4-5,10,13-14H,3,6-9H2,1H3,(H,16,18). The minimum Gasteiger partial charge on any atom is -0.497 e. The van der Waals surface area contributed by atoms with E-state index >= 15 is 0 Å². The Balaban J connectivity index is 1.67. The SMILES string of the molecule is COc1cccc(NC(=O)C2CCN3CCCC23)c1. The Labute approximate surface area is 113 Å². The van der Waals surface area contributed by atoms with Crippen LogP contribution in [-0.2, 0) is 4.79 Å². The number of rotatable bonds is 3. The molecule has 0 radical (unpaired) electrons. The van der Waals surface area contributed by atoms with Gasteiger partial charge in [0.25, 0.3) is 0 Å². The van der Waals surface area contributed by atoms with Gasteiger partial charge >= 0.3 is 0 Å². The minimum absolute atomic E-state index is 0.147. The number of methoxy groups -OCH3 is 1. The molecular formula is C15H20N2O2. The molecule has 2 aliphatic heterocycles. The second-order valence-electron chi connectivity index (χ2n) is 5.36. The first-order valence-electron chi connectivity index (χ1n) is 6.97. The summed E-state index contributed by atoms with van der Waals surface area (Å²) in [7, 11) is 1.63. The number of carbonyl (C=O) groups excluding carboxylic acids is 1. The summed E-state index contributed by atoms with van der Waals surface area (Å²) in [5, 5.41) is 3.03. The highest BCUT2D eigenvalue weighted by molar-refractivity contribution is 5.93. The molecule has 0 aromatic heterocycles. The van der Waals surface area contributed by atoms with E-state index in [2.05, 4.69) is 10.2 Å². The largest absolute Gasteiger partial charge is 0.497 e. The van der Waals surface area contributed by atoms with Gasteiger partial charge in [-0.05, 0) is 44.5 Å². The van der Waals surface area contributed by atoms with Gasteiger partial charge in [0, 0.05) is 17.8 Å². The van der Waals surface area contributed by atoms with Crippen LogP contribution in [0.2, 0.25) is 0 Å². The van der Waals surface area contributed by atoms with Gasteiger partial charge in [0.15, 0.2) is 0 Å². The van der Waals surface area contributed by atoms with E-state index in [4.69, 9.17) is 4.74 Å². The maximum absolute atomic E-state index is 12.4. The third-order valence-corrected chi connectivity index (χ3v) is 4.28. The fourth-order valence-corrected chi connectivity index (χ4v) is 3.32. The molecule has 0 aliphatic carbocycles. The Hall–Kier alpha value is -1.55. The third kappa shape index (κ3) is 2.45. The lowest BCUT2D eigenvalue weighted by molar-refractivity contribution is -0.120. The third-order valence-electron chi connectivity index (χ3n) is 4.28. The second kappa shape index (κ2) is 5.21. The van der Waals surface area contributed by atoms with Crippen LogP contribution >= 0.6 is 0 Å². The highest BCUT2D eigenvalue weighted by Crippen LogP contribution is 2.33. The number of hydrogen-bond donors (Lipinski definition) is 1. The number of carbonyl (C=O) groups is 1. The quantitative estimate of drug-likeness (QED) is 0.905. The number of benzene rings is 1. The van der Waals surface area contributed by atoms with E-state index < -0.39 is 0 Å². The van der Waals surface area contributed by atoms with Crippen LogP contribution in [0.3, 0.4) is 0 Å². The number of anilines is 1. The van der Waals surface area contributed by atoms with Gasteiger partial charge in [0.05, 0.1) is 13.0 Å². The van der Waals surface area contributed by atoms with Crippen LogP contribution in [0.25, 0.3) is 0 Å². The Bertz CT molecular complexity index is 475. The molecule has 19 heavy (non-hydrogen) atoms. The normalized spacial score (nSPS) is 26.2. The number of ether oxygens (including phenoxy) is 1. The van der Waals surface area contributed by atoms with Gasteiger partial charge in [-0.1, -0.05) is 6.07 Å². The van der Waals surface area contributed by atoms with Crippen molar-refractivity contribution in [3.05, 3.63) is 24.3 Å². The van der Waals surface area contributed by atoms with Crippen molar-refractivity contribution in [1.82, 2.24) is 4.90 Å². The molecule has 4 nitrogen and oxygen atoms in total. The molecule has 4 heteroatoms. The van der Waals surface area contributed by atoms with Crippen LogP contribution in [0.4, 0.5) is 5.69 Å². The smallest absolute Gasteiger partial charge is 0.229 e. The molecule has 2 atom stereocenters. The first-order chi connectivity index (χ1) is 9.28. The predicted molar refractivity (Wildman–Crippen MR) is 74.3 cm³/mol. The van der Waals surface area contributed by atoms with Crippen molar-refractivity contribution in [2.75, 3.05) is 25.5 Å². The summed E-state index contributed by atoms with van der Waals surface area (Å²) in [6, 6.07) is 8.00. The number of nitrogens with zero attached hydrogens (tertiary/aromatic N) is 1. The van der Waals surface area contributed by atoms with Crippen LogP contribution in [0, 0.1) is 5.92 Å². The van der Waals surface area contributed by atoms with Crippen molar-refractivity contribution >= 4 is 11.6 Å². The van der Waals surface area contributed by atoms with E-state index in [0.29, 0.717) is 6.04 Å². The molecule has 2 unspecified atom stereocenters. The molecule has 3 rings (SSSR count). The maximum Gasteiger partial charge on any atom is 0.229 e. The first-order valence-corrected chi connectivity index (χ1v) is 6.97. The average molecular weight is 260 g/mol. The summed E-state index contributed by atoms with van der Waals surface area (Å²) in [6.45, 7) is 2.23. The first kappa shape index (κ1) is 12.5. The summed E-state index contributed by atoms with van der Waals surface area (Å²) >= 11 is 0. The van der Waals surface area contributed by atoms with Gasteiger partial charge < -0.3 is 10.1 Å². The predicted octanol–water partition coefficient (Wildman–Crippen LogP) is 2.12. The zero-order valence-electron chi connectivity index (χ0n) is 11.3. The zero-order valence-corrected chi connectivity index (χ0v) is 11.3. The Morgan fingerprint density at radius 2 is 2.26 bits per heavy atom. The van der Waals surface area contributed by atoms with E-state index in [1.807, 2.05) is 24.3 Å². The van der Waals surface area contributed by atoms with Gasteiger partial charge in [0.2, 0.25) is 5.91 Å². The molecule has 0 bridgehead atoms. The van der Waals surface area contributed by atoms with Crippen LogP contribution in [-0.4, -0.2) is 37.0 Å². The summed E-state index contributed by atoms with van der Waals surface area (Å²) in [5.74, 6) is 1.07. The van der Waals surface area contributed by atoms with Crippen molar-refractivity contribution < 1.29 is 9.53 Å². The number of fused-ring (bicyclic) bond motifs is 1. The molecular weight excluding hydrogens is 240 g/mol. The average Bonchev–Trinajstić information content (AvgIpc) is 3.01. The van der Waals surface area contributed by atoms with Gasteiger partial charge in [-0.15, -0.1) is 0 Å². The van der Waals surface area contributed by atoms with E-state index in [1.54, 1.807) is 7.11 Å². The molecule has 2 aliphatic rings. The highest BCUT2D eigenvalue weighted by atomic mass is 16.5. The molecule has 0 saturated carbocycles. The molecule has 1 N–H and O–H groups in total. The summed E-state index contributed by atoms with van der Waals surface area (Å²) < 4.78 is 5.17. The van der Waals surface area contributed by atoms with E-state index in [-0.39, 0.29) is 11.8 Å². The van der Waals surface area contributed by atoms with Crippen LogP contribution in [0.5, 0.6) is 5.75 Å². The van der Waals surface area contributed by atoms with Gasteiger partial charge in [-0.25, -0.2) is 0 Å². The van der Waals surface area contributed by atoms with Gasteiger partial charge in [-0.2, -0.15) is 0 Å².